The number of rotatable bonds is 6. The fourth-order valence-corrected chi connectivity index (χ4v) is 2.11. The van der Waals surface area contributed by atoms with Crippen LogP contribution in [0.5, 0.6) is 0 Å². The van der Waals surface area contributed by atoms with Crippen LogP contribution in [0.2, 0.25) is 5.02 Å². The van der Waals surface area contributed by atoms with Crippen LogP contribution in [0.3, 0.4) is 0 Å². The van der Waals surface area contributed by atoms with E-state index in [0.29, 0.717) is 0 Å². The van der Waals surface area contributed by atoms with Crippen LogP contribution >= 0.6 is 11.6 Å². The van der Waals surface area contributed by atoms with Gasteiger partial charge in [-0.05, 0) is 44.2 Å². The standard InChI is InChI=1S/C15H20ClN3/c1-3-4-9-17-10-13-11-18-19(12(13)2)15-7-5-14(16)6-8-15/h5-8,11,17H,3-4,9-10H2,1-2H3. The van der Waals surface area contributed by atoms with Gasteiger partial charge in [-0.25, -0.2) is 4.68 Å². The summed E-state index contributed by atoms with van der Waals surface area (Å²) in [5, 5.41) is 8.64. The van der Waals surface area contributed by atoms with Gasteiger partial charge in [-0.1, -0.05) is 24.9 Å². The van der Waals surface area contributed by atoms with Crippen molar-refractivity contribution >= 4 is 11.6 Å². The predicted molar refractivity (Wildman–Crippen MR) is 79.9 cm³/mol. The highest BCUT2D eigenvalue weighted by molar-refractivity contribution is 6.30. The van der Waals surface area contributed by atoms with Crippen molar-refractivity contribution in [3.63, 3.8) is 0 Å². The molecule has 102 valence electrons. The Bertz CT molecular complexity index is 517. The first kappa shape index (κ1) is 14.1. The van der Waals surface area contributed by atoms with Crippen LogP contribution in [0, 0.1) is 6.92 Å². The molecule has 0 amide bonds. The Morgan fingerprint density at radius 1 is 1.26 bits per heavy atom. The SMILES string of the molecule is CCCCNCc1cnn(-c2ccc(Cl)cc2)c1C. The molecular formula is C15H20ClN3. The number of hydrogen-bond donors (Lipinski definition) is 1. The van der Waals surface area contributed by atoms with Gasteiger partial charge >= 0.3 is 0 Å². The van der Waals surface area contributed by atoms with Gasteiger partial charge in [0.05, 0.1) is 11.9 Å². The maximum atomic E-state index is 5.90. The van der Waals surface area contributed by atoms with E-state index in [1.54, 1.807) is 0 Å². The van der Waals surface area contributed by atoms with Crippen LogP contribution in [-0.4, -0.2) is 16.3 Å². The Balaban J connectivity index is 2.07. The summed E-state index contributed by atoms with van der Waals surface area (Å²) >= 11 is 5.90. The van der Waals surface area contributed by atoms with Crippen LogP contribution in [0.15, 0.2) is 30.5 Å². The zero-order chi connectivity index (χ0) is 13.7. The minimum absolute atomic E-state index is 0.745. The molecule has 1 aromatic heterocycles. The molecule has 4 heteroatoms. The molecule has 0 unspecified atom stereocenters. The molecule has 0 aliphatic rings. The summed E-state index contributed by atoms with van der Waals surface area (Å²) in [5.41, 5.74) is 3.46. The fraction of sp³-hybridized carbons (Fsp3) is 0.400. The molecule has 1 aromatic carbocycles. The molecule has 2 rings (SSSR count). The molecule has 3 nitrogen and oxygen atoms in total. The molecule has 0 aliphatic carbocycles. The molecule has 0 spiro atoms. The summed E-state index contributed by atoms with van der Waals surface area (Å²) in [6, 6.07) is 7.74. The summed E-state index contributed by atoms with van der Waals surface area (Å²) in [5.74, 6) is 0. The Kier molecular flexibility index (Phi) is 5.00. The highest BCUT2D eigenvalue weighted by Crippen LogP contribution is 2.16. The summed E-state index contributed by atoms with van der Waals surface area (Å²) in [4.78, 5) is 0. The zero-order valence-electron chi connectivity index (χ0n) is 11.5. The molecule has 0 saturated carbocycles. The minimum Gasteiger partial charge on any atom is -0.313 e. The number of hydrogen-bond acceptors (Lipinski definition) is 2. The van der Waals surface area contributed by atoms with Crippen LogP contribution in [0.25, 0.3) is 5.69 Å². The van der Waals surface area contributed by atoms with Crippen molar-refractivity contribution in [3.05, 3.63) is 46.7 Å². The van der Waals surface area contributed by atoms with Crippen LogP contribution in [0.4, 0.5) is 0 Å². The maximum Gasteiger partial charge on any atom is 0.0649 e. The van der Waals surface area contributed by atoms with E-state index < -0.39 is 0 Å². The van der Waals surface area contributed by atoms with Gasteiger partial charge in [0.1, 0.15) is 0 Å². The first-order chi connectivity index (χ1) is 9.22. The lowest BCUT2D eigenvalue weighted by Gasteiger charge is -2.06. The van der Waals surface area contributed by atoms with Crippen LogP contribution in [-0.2, 0) is 6.54 Å². The second-order valence-corrected chi connectivity index (χ2v) is 5.11. The smallest absolute Gasteiger partial charge is 0.0649 e. The van der Waals surface area contributed by atoms with Gasteiger partial charge in [-0.3, -0.25) is 0 Å². The summed E-state index contributed by atoms with van der Waals surface area (Å²) < 4.78 is 1.95. The molecule has 0 fully saturated rings. The second kappa shape index (κ2) is 6.73. The number of nitrogens with zero attached hydrogens (tertiary/aromatic N) is 2. The van der Waals surface area contributed by atoms with Crippen LogP contribution in [0.1, 0.15) is 31.0 Å². The monoisotopic (exact) mass is 277 g/mol. The molecule has 19 heavy (non-hydrogen) atoms. The van der Waals surface area contributed by atoms with E-state index in [9.17, 15) is 0 Å². The molecule has 1 heterocycles. The number of aromatic nitrogens is 2. The largest absolute Gasteiger partial charge is 0.313 e. The lowest BCUT2D eigenvalue weighted by Crippen LogP contribution is -2.14. The molecule has 0 bridgehead atoms. The van der Waals surface area contributed by atoms with Crippen molar-refractivity contribution in [2.24, 2.45) is 0 Å². The average Bonchev–Trinajstić information content (AvgIpc) is 2.77. The van der Waals surface area contributed by atoms with Gasteiger partial charge in [0.15, 0.2) is 0 Å². The van der Waals surface area contributed by atoms with E-state index in [0.717, 1.165) is 23.8 Å². The van der Waals surface area contributed by atoms with Crippen molar-refractivity contribution in [1.29, 1.82) is 0 Å². The number of benzene rings is 1. The third-order valence-electron chi connectivity index (χ3n) is 3.21. The highest BCUT2D eigenvalue weighted by Gasteiger charge is 2.07. The van der Waals surface area contributed by atoms with Crippen molar-refractivity contribution < 1.29 is 0 Å². The van der Waals surface area contributed by atoms with E-state index >= 15 is 0 Å². The van der Waals surface area contributed by atoms with Crippen molar-refractivity contribution in [2.75, 3.05) is 6.54 Å². The van der Waals surface area contributed by atoms with Gasteiger partial charge < -0.3 is 5.32 Å². The quantitative estimate of drug-likeness (QED) is 0.816. The number of halogens is 1. The first-order valence-electron chi connectivity index (χ1n) is 6.72. The fourth-order valence-electron chi connectivity index (χ4n) is 1.98. The van der Waals surface area contributed by atoms with Gasteiger partial charge in [-0.15, -0.1) is 0 Å². The molecule has 0 atom stereocenters. The average molecular weight is 278 g/mol. The Morgan fingerprint density at radius 3 is 2.68 bits per heavy atom. The van der Waals surface area contributed by atoms with Gasteiger partial charge in [0, 0.05) is 22.8 Å². The van der Waals surface area contributed by atoms with E-state index in [2.05, 4.69) is 24.3 Å². The number of nitrogens with one attached hydrogen (secondary N) is 1. The second-order valence-electron chi connectivity index (χ2n) is 4.67. The lowest BCUT2D eigenvalue weighted by atomic mass is 10.2. The highest BCUT2D eigenvalue weighted by atomic mass is 35.5. The normalized spacial score (nSPS) is 10.9. The molecule has 2 aromatic rings. The third kappa shape index (κ3) is 3.58. The van der Waals surface area contributed by atoms with Crippen molar-refractivity contribution in [3.8, 4) is 5.69 Å². The van der Waals surface area contributed by atoms with Crippen molar-refractivity contribution in [1.82, 2.24) is 15.1 Å². The zero-order valence-corrected chi connectivity index (χ0v) is 12.2. The predicted octanol–water partition coefficient (Wildman–Crippen LogP) is 3.72. The molecule has 0 aliphatic heterocycles. The van der Waals surface area contributed by atoms with Gasteiger partial charge in [0.2, 0.25) is 0 Å². The summed E-state index contributed by atoms with van der Waals surface area (Å²) in [6.07, 6.45) is 4.36. The van der Waals surface area contributed by atoms with Gasteiger partial charge in [-0.2, -0.15) is 5.10 Å². The van der Waals surface area contributed by atoms with Crippen molar-refractivity contribution in [2.45, 2.75) is 33.2 Å². The van der Waals surface area contributed by atoms with E-state index in [1.807, 2.05) is 35.1 Å². The lowest BCUT2D eigenvalue weighted by molar-refractivity contribution is 0.639. The van der Waals surface area contributed by atoms with E-state index in [4.69, 9.17) is 11.6 Å². The maximum absolute atomic E-state index is 5.90. The minimum atomic E-state index is 0.745. The Hall–Kier alpha value is -1.32. The van der Waals surface area contributed by atoms with E-state index in [1.165, 1.54) is 24.1 Å². The molecular weight excluding hydrogens is 258 g/mol. The van der Waals surface area contributed by atoms with E-state index in [-0.39, 0.29) is 0 Å². The molecule has 0 radical (unpaired) electrons. The number of unbranched alkanes of at least 4 members (excludes halogenated alkanes) is 1. The topological polar surface area (TPSA) is 29.9 Å². The Morgan fingerprint density at radius 2 is 2.00 bits per heavy atom. The van der Waals surface area contributed by atoms with Crippen LogP contribution < -0.4 is 5.32 Å². The molecule has 0 saturated heterocycles. The Labute approximate surface area is 119 Å². The summed E-state index contributed by atoms with van der Waals surface area (Å²) in [7, 11) is 0. The first-order valence-corrected chi connectivity index (χ1v) is 7.10. The third-order valence-corrected chi connectivity index (χ3v) is 3.46. The van der Waals surface area contributed by atoms with Gasteiger partial charge in [0.25, 0.3) is 0 Å². The summed E-state index contributed by atoms with van der Waals surface area (Å²) in [6.45, 7) is 6.23. The molecule has 1 N–H and O–H groups in total.